The van der Waals surface area contributed by atoms with E-state index in [0.717, 1.165) is 23.3 Å². The third-order valence-electron chi connectivity index (χ3n) is 6.01. The highest BCUT2D eigenvalue weighted by Gasteiger charge is 2.36. The standard InChI is InChI=1S/C27H26ClF4N3O4S/c1-33-26(37)24(14-18-6-4-3-5-7-18)34(16-19-8-10-20(29)11-9-19)25(36)17-35(40(2,38)39)21-12-13-23(28)22(15-21)27(30,31)32/h3-13,15,24H,14,16-17H2,1-2H3,(H,33,37). The Morgan fingerprint density at radius 2 is 1.60 bits per heavy atom. The Morgan fingerprint density at radius 1 is 0.975 bits per heavy atom. The molecule has 0 aromatic heterocycles. The Bertz CT molecular complexity index is 1450. The first-order valence-electron chi connectivity index (χ1n) is 11.8. The fraction of sp³-hybridized carbons (Fsp3) is 0.259. The number of nitrogens with one attached hydrogen (secondary N) is 1. The third kappa shape index (κ3) is 7.95. The Balaban J connectivity index is 2.06. The van der Waals surface area contributed by atoms with Crippen molar-refractivity contribution in [3.8, 4) is 0 Å². The molecule has 2 amide bonds. The predicted octanol–water partition coefficient (Wildman–Crippen LogP) is 4.65. The van der Waals surface area contributed by atoms with Crippen molar-refractivity contribution in [1.82, 2.24) is 10.2 Å². The van der Waals surface area contributed by atoms with E-state index in [4.69, 9.17) is 11.6 Å². The van der Waals surface area contributed by atoms with Gasteiger partial charge in [-0.3, -0.25) is 13.9 Å². The molecular weight excluding hydrogens is 574 g/mol. The molecule has 0 aliphatic carbocycles. The second-order valence-electron chi connectivity index (χ2n) is 8.90. The molecule has 0 saturated heterocycles. The van der Waals surface area contributed by atoms with Crippen molar-refractivity contribution >= 4 is 39.1 Å². The van der Waals surface area contributed by atoms with Gasteiger partial charge >= 0.3 is 6.18 Å². The molecule has 0 saturated carbocycles. The first kappa shape index (κ1) is 30.9. The maximum atomic E-state index is 13.8. The van der Waals surface area contributed by atoms with Gasteiger partial charge in [-0.05, 0) is 41.5 Å². The van der Waals surface area contributed by atoms with Gasteiger partial charge in [-0.15, -0.1) is 0 Å². The van der Waals surface area contributed by atoms with E-state index in [0.29, 0.717) is 21.5 Å². The van der Waals surface area contributed by atoms with Crippen LogP contribution in [0.5, 0.6) is 0 Å². The zero-order valence-corrected chi connectivity index (χ0v) is 23.0. The van der Waals surface area contributed by atoms with Crippen molar-refractivity contribution in [3.63, 3.8) is 0 Å². The van der Waals surface area contributed by atoms with Crippen LogP contribution >= 0.6 is 11.6 Å². The summed E-state index contributed by atoms with van der Waals surface area (Å²) in [6.45, 7) is -1.13. The average molecular weight is 600 g/mol. The molecule has 13 heteroatoms. The van der Waals surface area contributed by atoms with Crippen molar-refractivity contribution in [3.05, 3.63) is 100 Å². The summed E-state index contributed by atoms with van der Waals surface area (Å²) in [5.74, 6) is -1.96. The minimum Gasteiger partial charge on any atom is -0.357 e. The summed E-state index contributed by atoms with van der Waals surface area (Å²) >= 11 is 5.69. The minimum atomic E-state index is -4.88. The number of hydrogen-bond donors (Lipinski definition) is 1. The third-order valence-corrected chi connectivity index (χ3v) is 7.48. The number of likely N-dealkylation sites (N-methyl/N-ethyl adjacent to an activating group) is 1. The number of amides is 2. The number of sulfonamides is 1. The number of hydrogen-bond acceptors (Lipinski definition) is 4. The fourth-order valence-electron chi connectivity index (χ4n) is 4.01. The Kier molecular flexibility index (Phi) is 9.80. The molecule has 3 rings (SSSR count). The fourth-order valence-corrected chi connectivity index (χ4v) is 5.07. The molecule has 40 heavy (non-hydrogen) atoms. The van der Waals surface area contributed by atoms with Crippen molar-refractivity contribution in [2.24, 2.45) is 0 Å². The number of carbonyl (C=O) groups excluding carboxylic acids is 2. The van der Waals surface area contributed by atoms with Crippen molar-refractivity contribution in [1.29, 1.82) is 0 Å². The monoisotopic (exact) mass is 599 g/mol. The van der Waals surface area contributed by atoms with Crippen LogP contribution in [0.4, 0.5) is 23.2 Å². The molecular formula is C27H26ClF4N3O4S. The Labute approximate surface area is 234 Å². The highest BCUT2D eigenvalue weighted by atomic mass is 35.5. The van der Waals surface area contributed by atoms with Crippen LogP contribution in [0, 0.1) is 5.82 Å². The molecule has 0 aliphatic heterocycles. The van der Waals surface area contributed by atoms with E-state index >= 15 is 0 Å². The number of alkyl halides is 3. The molecule has 0 fully saturated rings. The molecule has 1 unspecified atom stereocenters. The van der Waals surface area contributed by atoms with Gasteiger partial charge < -0.3 is 10.2 Å². The topological polar surface area (TPSA) is 86.8 Å². The molecule has 0 aliphatic rings. The van der Waals surface area contributed by atoms with Crippen LogP contribution in [0.25, 0.3) is 0 Å². The van der Waals surface area contributed by atoms with Gasteiger partial charge in [0.2, 0.25) is 21.8 Å². The number of nitrogens with zero attached hydrogens (tertiary/aromatic N) is 2. The van der Waals surface area contributed by atoms with Gasteiger partial charge in [-0.25, -0.2) is 12.8 Å². The van der Waals surface area contributed by atoms with Crippen molar-refractivity contribution in [2.45, 2.75) is 25.2 Å². The molecule has 0 radical (unpaired) electrons. The van der Waals surface area contributed by atoms with Crippen LogP contribution < -0.4 is 9.62 Å². The number of halogens is 5. The van der Waals surface area contributed by atoms with E-state index in [9.17, 15) is 35.6 Å². The van der Waals surface area contributed by atoms with Gasteiger partial charge in [0.1, 0.15) is 18.4 Å². The molecule has 214 valence electrons. The maximum Gasteiger partial charge on any atom is 0.417 e. The molecule has 3 aromatic rings. The van der Waals surface area contributed by atoms with E-state index in [1.165, 1.54) is 31.3 Å². The van der Waals surface area contributed by atoms with E-state index in [1.807, 2.05) is 0 Å². The smallest absolute Gasteiger partial charge is 0.357 e. The van der Waals surface area contributed by atoms with E-state index in [-0.39, 0.29) is 13.0 Å². The first-order valence-corrected chi connectivity index (χ1v) is 14.1. The van der Waals surface area contributed by atoms with Gasteiger partial charge in [0.15, 0.2) is 0 Å². The van der Waals surface area contributed by atoms with Gasteiger partial charge in [0.25, 0.3) is 0 Å². The summed E-state index contributed by atoms with van der Waals surface area (Å²) in [5, 5.41) is 1.85. The molecule has 0 heterocycles. The normalized spacial score (nSPS) is 12.5. The molecule has 0 bridgehead atoms. The van der Waals surface area contributed by atoms with Crippen molar-refractivity contribution in [2.75, 3.05) is 24.2 Å². The van der Waals surface area contributed by atoms with E-state index in [1.54, 1.807) is 30.3 Å². The second-order valence-corrected chi connectivity index (χ2v) is 11.2. The summed E-state index contributed by atoms with van der Waals surface area (Å²) in [7, 11) is -2.91. The largest absolute Gasteiger partial charge is 0.417 e. The maximum absolute atomic E-state index is 13.8. The van der Waals surface area contributed by atoms with Crippen LogP contribution in [-0.2, 0) is 38.8 Å². The lowest BCUT2D eigenvalue weighted by Gasteiger charge is -2.33. The number of carbonyl (C=O) groups is 2. The van der Waals surface area contributed by atoms with Crippen LogP contribution in [0.2, 0.25) is 5.02 Å². The number of benzene rings is 3. The highest BCUT2D eigenvalue weighted by Crippen LogP contribution is 2.37. The molecule has 7 nitrogen and oxygen atoms in total. The zero-order valence-electron chi connectivity index (χ0n) is 21.5. The summed E-state index contributed by atoms with van der Waals surface area (Å²) in [4.78, 5) is 27.9. The van der Waals surface area contributed by atoms with Gasteiger partial charge in [-0.1, -0.05) is 54.1 Å². The molecule has 3 aromatic carbocycles. The van der Waals surface area contributed by atoms with Crippen molar-refractivity contribution < 1.29 is 35.6 Å². The summed E-state index contributed by atoms with van der Waals surface area (Å²) in [6.07, 6.45) is -4.09. The van der Waals surface area contributed by atoms with Crippen LogP contribution in [0.1, 0.15) is 16.7 Å². The lowest BCUT2D eigenvalue weighted by molar-refractivity contribution is -0.139. The zero-order chi connectivity index (χ0) is 29.7. The molecule has 0 spiro atoms. The Morgan fingerprint density at radius 3 is 2.15 bits per heavy atom. The van der Waals surface area contributed by atoms with Crippen LogP contribution in [0.3, 0.4) is 0 Å². The van der Waals surface area contributed by atoms with Gasteiger partial charge in [0, 0.05) is 20.0 Å². The highest BCUT2D eigenvalue weighted by molar-refractivity contribution is 7.92. The Hall–Kier alpha value is -3.64. The second kappa shape index (κ2) is 12.7. The van der Waals surface area contributed by atoms with Gasteiger partial charge in [-0.2, -0.15) is 13.2 Å². The van der Waals surface area contributed by atoms with Crippen LogP contribution in [-0.4, -0.2) is 51.0 Å². The number of anilines is 1. The molecule has 1 N–H and O–H groups in total. The van der Waals surface area contributed by atoms with E-state index in [2.05, 4.69) is 5.32 Å². The summed E-state index contributed by atoms with van der Waals surface area (Å²) < 4.78 is 79.9. The quantitative estimate of drug-likeness (QED) is 0.344. The summed E-state index contributed by atoms with van der Waals surface area (Å²) in [6, 6.07) is 15.2. The van der Waals surface area contributed by atoms with Crippen LogP contribution in [0.15, 0.2) is 72.8 Å². The predicted molar refractivity (Wildman–Crippen MR) is 144 cm³/mol. The van der Waals surface area contributed by atoms with E-state index < -0.39 is 62.7 Å². The molecule has 1 atom stereocenters. The van der Waals surface area contributed by atoms with Gasteiger partial charge in [0.05, 0.1) is 22.5 Å². The lowest BCUT2D eigenvalue weighted by Crippen LogP contribution is -2.52. The SMILES string of the molecule is CNC(=O)C(Cc1ccccc1)N(Cc1ccc(F)cc1)C(=O)CN(c1ccc(Cl)c(C(F)(F)F)c1)S(C)(=O)=O. The average Bonchev–Trinajstić information content (AvgIpc) is 2.89. The minimum absolute atomic E-state index is 0.0471. The summed E-state index contributed by atoms with van der Waals surface area (Å²) in [5.41, 5.74) is -0.578. The lowest BCUT2D eigenvalue weighted by atomic mass is 10.0. The number of rotatable bonds is 10. The first-order chi connectivity index (χ1) is 18.7.